The van der Waals surface area contributed by atoms with Crippen molar-refractivity contribution in [3.63, 3.8) is 0 Å². The first-order valence-corrected chi connectivity index (χ1v) is 9.24. The zero-order valence-electron chi connectivity index (χ0n) is 14.0. The summed E-state index contributed by atoms with van der Waals surface area (Å²) >= 11 is 3.51. The van der Waals surface area contributed by atoms with Crippen molar-refractivity contribution in [1.82, 2.24) is 4.90 Å². The van der Waals surface area contributed by atoms with E-state index in [1.54, 1.807) is 0 Å². The van der Waals surface area contributed by atoms with Crippen molar-refractivity contribution >= 4 is 27.5 Å². The maximum Gasteiger partial charge on any atom is 0.238 e. The maximum atomic E-state index is 12.3. The third kappa shape index (κ3) is 4.46. The second kappa shape index (κ2) is 7.95. The minimum Gasteiger partial charge on any atom is -0.324 e. The highest BCUT2D eigenvalue weighted by molar-refractivity contribution is 9.10. The third-order valence-corrected chi connectivity index (χ3v) is 5.28. The third-order valence-electron chi connectivity index (χ3n) is 4.62. The molecule has 1 fully saturated rings. The molecule has 1 heterocycles. The highest BCUT2D eigenvalue weighted by Gasteiger charge is 2.22. The van der Waals surface area contributed by atoms with Gasteiger partial charge >= 0.3 is 0 Å². The molecule has 24 heavy (non-hydrogen) atoms. The number of piperidine rings is 1. The molecule has 1 aliphatic heterocycles. The molecule has 0 atom stereocenters. The van der Waals surface area contributed by atoms with E-state index in [0.29, 0.717) is 12.5 Å². The van der Waals surface area contributed by atoms with Gasteiger partial charge < -0.3 is 5.32 Å². The van der Waals surface area contributed by atoms with Crippen LogP contribution in [0, 0.1) is 6.92 Å². The van der Waals surface area contributed by atoms with Crippen molar-refractivity contribution in [1.29, 1.82) is 0 Å². The summed E-state index contributed by atoms with van der Waals surface area (Å²) in [6, 6.07) is 16.7. The monoisotopic (exact) mass is 386 g/mol. The summed E-state index contributed by atoms with van der Waals surface area (Å²) in [4.78, 5) is 14.5. The second-order valence-electron chi connectivity index (χ2n) is 6.49. The number of hydrogen-bond acceptors (Lipinski definition) is 2. The van der Waals surface area contributed by atoms with Gasteiger partial charge in [-0.15, -0.1) is 0 Å². The number of likely N-dealkylation sites (tertiary alicyclic amines) is 1. The van der Waals surface area contributed by atoms with Gasteiger partial charge in [-0.1, -0.05) is 36.4 Å². The molecule has 0 spiro atoms. The van der Waals surface area contributed by atoms with Crippen LogP contribution in [-0.2, 0) is 4.79 Å². The van der Waals surface area contributed by atoms with E-state index in [-0.39, 0.29) is 5.91 Å². The summed E-state index contributed by atoms with van der Waals surface area (Å²) in [5, 5.41) is 3.00. The van der Waals surface area contributed by atoms with Gasteiger partial charge in [0, 0.05) is 4.47 Å². The Kier molecular flexibility index (Phi) is 5.69. The number of amides is 1. The summed E-state index contributed by atoms with van der Waals surface area (Å²) in [5.41, 5.74) is 3.43. The van der Waals surface area contributed by atoms with E-state index >= 15 is 0 Å². The van der Waals surface area contributed by atoms with Crippen LogP contribution in [0.1, 0.15) is 29.9 Å². The van der Waals surface area contributed by atoms with Crippen LogP contribution in [0.15, 0.2) is 53.0 Å². The van der Waals surface area contributed by atoms with E-state index in [1.165, 1.54) is 11.1 Å². The summed E-state index contributed by atoms with van der Waals surface area (Å²) < 4.78 is 0.929. The number of anilines is 1. The molecule has 3 rings (SSSR count). The van der Waals surface area contributed by atoms with Gasteiger partial charge in [-0.05, 0) is 78.0 Å². The zero-order chi connectivity index (χ0) is 16.9. The van der Waals surface area contributed by atoms with Crippen molar-refractivity contribution in [2.45, 2.75) is 25.7 Å². The fourth-order valence-corrected chi connectivity index (χ4v) is 3.86. The summed E-state index contributed by atoms with van der Waals surface area (Å²) in [5.74, 6) is 0.675. The number of hydrogen-bond donors (Lipinski definition) is 1. The lowest BCUT2D eigenvalue weighted by Gasteiger charge is -2.31. The Balaban J connectivity index is 1.50. The molecule has 1 aliphatic rings. The molecule has 1 saturated heterocycles. The van der Waals surface area contributed by atoms with E-state index in [4.69, 9.17) is 0 Å². The van der Waals surface area contributed by atoms with E-state index in [9.17, 15) is 4.79 Å². The first-order chi connectivity index (χ1) is 11.6. The molecule has 1 amide bonds. The molecule has 3 nitrogen and oxygen atoms in total. The molecule has 0 unspecified atom stereocenters. The fraction of sp³-hybridized carbons (Fsp3) is 0.350. The van der Waals surface area contributed by atoms with Gasteiger partial charge in [0.2, 0.25) is 5.91 Å². The van der Waals surface area contributed by atoms with E-state index < -0.39 is 0 Å². The Morgan fingerprint density at radius 2 is 1.88 bits per heavy atom. The van der Waals surface area contributed by atoms with E-state index in [2.05, 4.69) is 56.5 Å². The van der Waals surface area contributed by atoms with Crippen LogP contribution in [0.4, 0.5) is 5.69 Å². The molecule has 2 aromatic rings. The lowest BCUT2D eigenvalue weighted by atomic mass is 9.89. The number of carbonyl (C=O) groups is 1. The number of rotatable bonds is 4. The predicted octanol–water partition coefficient (Wildman–Crippen LogP) is 4.58. The van der Waals surface area contributed by atoms with Crippen molar-refractivity contribution in [3.8, 4) is 0 Å². The zero-order valence-corrected chi connectivity index (χ0v) is 15.6. The number of benzene rings is 2. The number of carbonyl (C=O) groups excluding carboxylic acids is 1. The summed E-state index contributed by atoms with van der Waals surface area (Å²) in [6.45, 7) is 4.44. The molecular formula is C20H23BrN2O. The van der Waals surface area contributed by atoms with Gasteiger partial charge in [-0.2, -0.15) is 0 Å². The van der Waals surface area contributed by atoms with E-state index in [1.807, 2.05) is 25.1 Å². The summed E-state index contributed by atoms with van der Waals surface area (Å²) in [7, 11) is 0. The normalized spacial score (nSPS) is 16.1. The van der Waals surface area contributed by atoms with Gasteiger partial charge in [0.15, 0.2) is 0 Å². The van der Waals surface area contributed by atoms with Crippen LogP contribution >= 0.6 is 15.9 Å². The Labute approximate surface area is 152 Å². The molecule has 2 aromatic carbocycles. The molecule has 1 N–H and O–H groups in total. The highest BCUT2D eigenvalue weighted by atomic mass is 79.9. The smallest absolute Gasteiger partial charge is 0.238 e. The standard InChI is InChI=1S/C20H23BrN2O/c1-15-7-8-19(18(21)13-15)22-20(24)14-23-11-9-17(10-12-23)16-5-3-2-4-6-16/h2-8,13,17H,9-12,14H2,1H3,(H,22,24). The molecule has 126 valence electrons. The van der Waals surface area contributed by atoms with Crippen molar-refractivity contribution < 1.29 is 4.79 Å². The molecule has 0 radical (unpaired) electrons. The SMILES string of the molecule is Cc1ccc(NC(=O)CN2CCC(c3ccccc3)CC2)c(Br)c1. The van der Waals surface area contributed by atoms with Gasteiger partial charge in [0.25, 0.3) is 0 Å². The first-order valence-electron chi connectivity index (χ1n) is 8.45. The van der Waals surface area contributed by atoms with Gasteiger partial charge in [-0.3, -0.25) is 9.69 Å². The molecule has 0 bridgehead atoms. The van der Waals surface area contributed by atoms with Crippen LogP contribution < -0.4 is 5.32 Å². The van der Waals surface area contributed by atoms with Crippen LogP contribution in [0.25, 0.3) is 0 Å². The Bertz CT molecular complexity index is 694. The topological polar surface area (TPSA) is 32.3 Å². The van der Waals surface area contributed by atoms with Crippen LogP contribution in [0.2, 0.25) is 0 Å². The molecule has 0 aromatic heterocycles. The average Bonchev–Trinajstić information content (AvgIpc) is 2.59. The van der Waals surface area contributed by atoms with E-state index in [0.717, 1.165) is 36.1 Å². The first kappa shape index (κ1) is 17.2. The quantitative estimate of drug-likeness (QED) is 0.833. The molecule has 4 heteroatoms. The second-order valence-corrected chi connectivity index (χ2v) is 7.35. The number of aryl methyl sites for hydroxylation is 1. The summed E-state index contributed by atoms with van der Waals surface area (Å²) in [6.07, 6.45) is 2.23. The number of halogens is 1. The molecular weight excluding hydrogens is 364 g/mol. The van der Waals surface area contributed by atoms with Crippen LogP contribution in [0.5, 0.6) is 0 Å². The minimum absolute atomic E-state index is 0.0534. The van der Waals surface area contributed by atoms with Crippen LogP contribution in [-0.4, -0.2) is 30.4 Å². The maximum absolute atomic E-state index is 12.3. The Morgan fingerprint density at radius 1 is 1.17 bits per heavy atom. The Hall–Kier alpha value is -1.65. The fourth-order valence-electron chi connectivity index (χ4n) is 3.26. The highest BCUT2D eigenvalue weighted by Crippen LogP contribution is 2.28. The lowest BCUT2D eigenvalue weighted by Crippen LogP contribution is -2.38. The average molecular weight is 387 g/mol. The minimum atomic E-state index is 0.0534. The number of nitrogens with one attached hydrogen (secondary N) is 1. The Morgan fingerprint density at radius 3 is 2.54 bits per heavy atom. The van der Waals surface area contributed by atoms with Crippen LogP contribution in [0.3, 0.4) is 0 Å². The molecule has 0 aliphatic carbocycles. The van der Waals surface area contributed by atoms with Gasteiger partial charge in [0.1, 0.15) is 0 Å². The van der Waals surface area contributed by atoms with Crippen molar-refractivity contribution in [3.05, 3.63) is 64.1 Å². The molecule has 0 saturated carbocycles. The van der Waals surface area contributed by atoms with Gasteiger partial charge in [0.05, 0.1) is 12.2 Å². The largest absolute Gasteiger partial charge is 0.324 e. The lowest BCUT2D eigenvalue weighted by molar-refractivity contribution is -0.117. The van der Waals surface area contributed by atoms with Crippen molar-refractivity contribution in [2.75, 3.05) is 25.0 Å². The van der Waals surface area contributed by atoms with Gasteiger partial charge in [-0.25, -0.2) is 0 Å². The van der Waals surface area contributed by atoms with Crippen molar-refractivity contribution in [2.24, 2.45) is 0 Å². The number of nitrogens with zero attached hydrogens (tertiary/aromatic N) is 1. The predicted molar refractivity (Wildman–Crippen MR) is 102 cm³/mol.